The molecule has 70 heavy (non-hydrogen) atoms. The third-order valence-electron chi connectivity index (χ3n) is 13.9. The third kappa shape index (κ3) is 6.91. The fourth-order valence-corrected chi connectivity index (χ4v) is 10.2. The lowest BCUT2D eigenvalue weighted by molar-refractivity contribution is 0.482. The van der Waals surface area contributed by atoms with E-state index in [9.17, 15) is 0 Å². The van der Waals surface area contributed by atoms with E-state index < -0.39 is 0 Å². The van der Waals surface area contributed by atoms with Crippen LogP contribution in [0, 0.1) is 0 Å². The summed E-state index contributed by atoms with van der Waals surface area (Å²) in [5.74, 6) is 5.68. The number of aromatic nitrogens is 7. The molecule has 0 unspecified atom stereocenters. The van der Waals surface area contributed by atoms with Crippen LogP contribution in [0.4, 0.5) is 0 Å². The number of benzene rings is 8. The predicted molar refractivity (Wildman–Crippen MR) is 284 cm³/mol. The standard InChI is InChI=1S/C61H46BN7O/c1-36(2)42-33-50-53-52(34-42)70-51-35-44(61(3,4)5)27-28-47(51)62(53)48-32-43(60-67-57(39-22-14-8-15-23-39)64-58(68-60)40-24-16-9-17-25-40)31-46-45-30-41(26-29-49(45)69(50)54(46)48)59-65-55(37-18-10-6-11-19-37)63-56(66-59)38-20-12-7-13-21-38/h6-36H,1-5H3. The van der Waals surface area contributed by atoms with E-state index in [1.54, 1.807) is 0 Å². The second-order valence-electron chi connectivity index (χ2n) is 19.7. The number of hydrogen-bond donors (Lipinski definition) is 0. The zero-order chi connectivity index (χ0) is 47.3. The Balaban J connectivity index is 1.12. The molecule has 0 aliphatic carbocycles. The average Bonchev–Trinajstić information content (AvgIpc) is 3.74. The molecule has 0 radical (unpaired) electrons. The molecule has 334 valence electrons. The number of fused-ring (bicyclic) bond motifs is 7. The first-order valence-corrected chi connectivity index (χ1v) is 24.0. The maximum Gasteiger partial charge on any atom is 0.256 e. The van der Waals surface area contributed by atoms with E-state index in [0.717, 1.165) is 88.8 Å². The molecule has 0 amide bonds. The predicted octanol–water partition coefficient (Wildman–Crippen LogP) is 12.5. The molecule has 8 nitrogen and oxygen atoms in total. The van der Waals surface area contributed by atoms with Crippen molar-refractivity contribution in [2.24, 2.45) is 0 Å². The first-order valence-electron chi connectivity index (χ1n) is 24.0. The molecule has 0 saturated heterocycles. The first kappa shape index (κ1) is 41.6. The molecule has 0 fully saturated rings. The Kier molecular flexibility index (Phi) is 9.53. The van der Waals surface area contributed by atoms with Gasteiger partial charge in [0.05, 0.1) is 5.52 Å². The second kappa shape index (κ2) is 16.0. The molecule has 0 atom stereocenters. The minimum atomic E-state index is -0.142. The van der Waals surface area contributed by atoms with Crippen molar-refractivity contribution >= 4 is 44.9 Å². The largest absolute Gasteiger partial charge is 0.458 e. The Labute approximate surface area is 406 Å². The van der Waals surface area contributed by atoms with Gasteiger partial charge in [0.1, 0.15) is 11.5 Å². The molecule has 5 heterocycles. The van der Waals surface area contributed by atoms with E-state index in [-0.39, 0.29) is 18.0 Å². The molecular formula is C61H46BN7O. The summed E-state index contributed by atoms with van der Waals surface area (Å²) in [7, 11) is 0. The summed E-state index contributed by atoms with van der Waals surface area (Å²) >= 11 is 0. The lowest BCUT2D eigenvalue weighted by atomic mass is 9.34. The van der Waals surface area contributed by atoms with Gasteiger partial charge in [-0.15, -0.1) is 0 Å². The summed E-state index contributed by atoms with van der Waals surface area (Å²) in [4.78, 5) is 31.0. The van der Waals surface area contributed by atoms with Crippen molar-refractivity contribution in [3.8, 4) is 85.5 Å². The Bertz CT molecular complexity index is 3750. The van der Waals surface area contributed by atoms with E-state index in [2.05, 4.69) is 124 Å². The fraction of sp³-hybridized carbons (Fsp3) is 0.115. The van der Waals surface area contributed by atoms with Crippen LogP contribution in [0.25, 0.3) is 95.8 Å². The number of ether oxygens (including phenoxy) is 1. The number of nitrogens with zero attached hydrogens (tertiary/aromatic N) is 7. The van der Waals surface area contributed by atoms with Gasteiger partial charge < -0.3 is 9.30 Å². The van der Waals surface area contributed by atoms with Gasteiger partial charge in [-0.3, -0.25) is 0 Å². The lowest BCUT2D eigenvalue weighted by Gasteiger charge is -2.35. The maximum absolute atomic E-state index is 7.10. The van der Waals surface area contributed by atoms with Crippen LogP contribution in [0.1, 0.15) is 51.7 Å². The van der Waals surface area contributed by atoms with Crippen LogP contribution < -0.4 is 21.1 Å². The average molecular weight is 904 g/mol. The topological polar surface area (TPSA) is 91.5 Å². The van der Waals surface area contributed by atoms with Gasteiger partial charge >= 0.3 is 0 Å². The SMILES string of the molecule is CC(C)c1cc2c3c(c1)-n1c4ccc(-c5nc(-c6ccccc6)nc(-c6ccccc6)n5)cc4c4cc(-c5nc(-c6ccccc6)nc(-c6ccccc6)n5)cc(c41)B3c1ccc(C(C)(C)C)cc1O2. The molecule has 0 saturated carbocycles. The van der Waals surface area contributed by atoms with Crippen LogP contribution in [0.2, 0.25) is 0 Å². The highest BCUT2D eigenvalue weighted by Gasteiger charge is 2.42. The van der Waals surface area contributed by atoms with Crippen LogP contribution in [-0.4, -0.2) is 41.2 Å². The van der Waals surface area contributed by atoms with Crippen LogP contribution in [-0.2, 0) is 5.41 Å². The van der Waals surface area contributed by atoms with Crippen molar-refractivity contribution in [1.82, 2.24) is 34.5 Å². The monoisotopic (exact) mass is 903 g/mol. The second-order valence-corrected chi connectivity index (χ2v) is 19.7. The molecule has 11 aromatic rings. The fourth-order valence-electron chi connectivity index (χ4n) is 10.2. The summed E-state index contributed by atoms with van der Waals surface area (Å²) in [5, 5.41) is 2.14. The van der Waals surface area contributed by atoms with Gasteiger partial charge in [0.2, 0.25) is 0 Å². The van der Waals surface area contributed by atoms with Crippen molar-refractivity contribution in [2.75, 3.05) is 0 Å². The summed E-state index contributed by atoms with van der Waals surface area (Å²) in [5.41, 5.74) is 14.6. The van der Waals surface area contributed by atoms with Gasteiger partial charge in [0, 0.05) is 55.4 Å². The highest BCUT2D eigenvalue weighted by molar-refractivity contribution is 6.99. The van der Waals surface area contributed by atoms with Crippen molar-refractivity contribution in [2.45, 2.75) is 46.0 Å². The molecule has 2 aliphatic heterocycles. The molecule has 8 aromatic carbocycles. The van der Waals surface area contributed by atoms with Crippen molar-refractivity contribution < 1.29 is 4.74 Å². The lowest BCUT2D eigenvalue weighted by Crippen LogP contribution is -2.58. The Morgan fingerprint density at radius 3 is 1.43 bits per heavy atom. The molecule has 0 N–H and O–H groups in total. The minimum Gasteiger partial charge on any atom is -0.458 e. The maximum atomic E-state index is 7.10. The highest BCUT2D eigenvalue weighted by atomic mass is 16.5. The van der Waals surface area contributed by atoms with E-state index in [4.69, 9.17) is 34.6 Å². The molecule has 0 bridgehead atoms. The minimum absolute atomic E-state index is 0.0681. The van der Waals surface area contributed by atoms with Crippen LogP contribution in [0.3, 0.4) is 0 Å². The summed E-state index contributed by atoms with van der Waals surface area (Å²) < 4.78 is 9.56. The van der Waals surface area contributed by atoms with E-state index >= 15 is 0 Å². The van der Waals surface area contributed by atoms with Gasteiger partial charge in [-0.1, -0.05) is 174 Å². The molecule has 3 aromatic heterocycles. The van der Waals surface area contributed by atoms with Gasteiger partial charge in [0.25, 0.3) is 6.71 Å². The van der Waals surface area contributed by atoms with Gasteiger partial charge in [-0.05, 0) is 81.3 Å². The normalized spacial score (nSPS) is 12.6. The zero-order valence-electron chi connectivity index (χ0n) is 39.5. The molecule has 2 aliphatic rings. The van der Waals surface area contributed by atoms with Crippen molar-refractivity contribution in [3.63, 3.8) is 0 Å². The van der Waals surface area contributed by atoms with Crippen molar-refractivity contribution in [3.05, 3.63) is 193 Å². The summed E-state index contributed by atoms with van der Waals surface area (Å²) in [6, 6.07) is 63.3. The van der Waals surface area contributed by atoms with Crippen molar-refractivity contribution in [1.29, 1.82) is 0 Å². The Hall–Kier alpha value is -8.56. The number of hydrogen-bond acceptors (Lipinski definition) is 7. The summed E-state index contributed by atoms with van der Waals surface area (Å²) in [6.45, 7) is 11.1. The highest BCUT2D eigenvalue weighted by Crippen LogP contribution is 2.42. The Morgan fingerprint density at radius 1 is 0.443 bits per heavy atom. The van der Waals surface area contributed by atoms with Gasteiger partial charge in [0.15, 0.2) is 34.9 Å². The van der Waals surface area contributed by atoms with Crippen LogP contribution in [0.15, 0.2) is 182 Å². The van der Waals surface area contributed by atoms with Gasteiger partial charge in [-0.25, -0.2) is 29.9 Å². The molecular weight excluding hydrogens is 858 g/mol. The van der Waals surface area contributed by atoms with E-state index in [1.807, 2.05) is 97.1 Å². The smallest absolute Gasteiger partial charge is 0.256 e. The zero-order valence-corrected chi connectivity index (χ0v) is 39.5. The van der Waals surface area contributed by atoms with E-state index in [0.29, 0.717) is 34.9 Å². The quantitative estimate of drug-likeness (QED) is 0.147. The first-order chi connectivity index (χ1) is 34.1. The van der Waals surface area contributed by atoms with Crippen LogP contribution >= 0.6 is 0 Å². The number of rotatable bonds is 7. The van der Waals surface area contributed by atoms with Gasteiger partial charge in [-0.2, -0.15) is 0 Å². The molecule has 9 heteroatoms. The van der Waals surface area contributed by atoms with Crippen LogP contribution in [0.5, 0.6) is 11.5 Å². The third-order valence-corrected chi connectivity index (χ3v) is 13.9. The molecule has 13 rings (SSSR count). The summed E-state index contributed by atoms with van der Waals surface area (Å²) in [6.07, 6.45) is 0. The molecule has 0 spiro atoms. The van der Waals surface area contributed by atoms with E-state index in [1.165, 1.54) is 11.1 Å². The Morgan fingerprint density at radius 2 is 0.929 bits per heavy atom.